The molecule has 2 aromatic rings. The zero-order chi connectivity index (χ0) is 27.2. The highest BCUT2D eigenvalue weighted by molar-refractivity contribution is 5.87. The van der Waals surface area contributed by atoms with Crippen LogP contribution in [-0.2, 0) is 20.7 Å². The van der Waals surface area contributed by atoms with Crippen molar-refractivity contribution in [2.75, 3.05) is 18.1 Å². The molecule has 6 nitrogen and oxygen atoms in total. The van der Waals surface area contributed by atoms with Gasteiger partial charge in [-0.2, -0.15) is 0 Å². The number of nitrogen functional groups attached to an aromatic ring is 2. The Morgan fingerprint density at radius 1 is 0.947 bits per heavy atom. The number of hydrogen-bond donors (Lipinski definition) is 2. The second kappa shape index (κ2) is 15.7. The van der Waals surface area contributed by atoms with Crippen molar-refractivity contribution in [1.82, 2.24) is 0 Å². The van der Waals surface area contributed by atoms with Crippen molar-refractivity contribution in [3.8, 4) is 5.75 Å². The molecule has 204 valence electrons. The van der Waals surface area contributed by atoms with Gasteiger partial charge in [0, 0.05) is 23.9 Å². The van der Waals surface area contributed by atoms with Crippen LogP contribution in [0.5, 0.6) is 5.75 Å². The zero-order valence-corrected chi connectivity index (χ0v) is 22.4. The maximum absolute atomic E-state index is 12.7. The average molecular weight is 519 g/mol. The molecule has 0 heterocycles. The second-order valence-corrected chi connectivity index (χ2v) is 10.2. The third kappa shape index (κ3) is 10.1. The smallest absolute Gasteiger partial charge is 0.330 e. The van der Waals surface area contributed by atoms with Crippen LogP contribution in [0.1, 0.15) is 75.3 Å². The summed E-state index contributed by atoms with van der Waals surface area (Å²) >= 11 is 0. The van der Waals surface area contributed by atoms with Gasteiger partial charge in [-0.05, 0) is 85.9 Å². The lowest BCUT2D eigenvalue weighted by molar-refractivity contribution is -0.140. The van der Waals surface area contributed by atoms with E-state index in [0.29, 0.717) is 23.5 Å². The predicted octanol–water partition coefficient (Wildman–Crippen LogP) is 6.89. The van der Waals surface area contributed by atoms with Crippen molar-refractivity contribution in [2.24, 2.45) is 11.8 Å². The molecule has 1 saturated carbocycles. The van der Waals surface area contributed by atoms with Crippen LogP contribution >= 0.6 is 0 Å². The molecule has 1 fully saturated rings. The number of rotatable bonds is 14. The third-order valence-corrected chi connectivity index (χ3v) is 7.25. The molecule has 0 atom stereocenters. The van der Waals surface area contributed by atoms with Crippen molar-refractivity contribution in [2.45, 2.75) is 70.6 Å². The number of benzene rings is 2. The molecular formula is C32H42N2O4. The summed E-state index contributed by atoms with van der Waals surface area (Å²) in [4.78, 5) is 24.7. The quantitative estimate of drug-likeness (QED) is 0.0705. The zero-order valence-electron chi connectivity index (χ0n) is 22.4. The Labute approximate surface area is 227 Å². The SMILES string of the molecule is C=CCCCCCCC1CCC(C(=O)Oc2ccc(/C=C/C(=O)OCCc3ccc(N)cc3N)cc2)CC1. The molecule has 0 unspecified atom stereocenters. The van der Waals surface area contributed by atoms with Crippen LogP contribution in [0, 0.1) is 11.8 Å². The summed E-state index contributed by atoms with van der Waals surface area (Å²) in [6.45, 7) is 4.00. The fourth-order valence-corrected chi connectivity index (χ4v) is 4.92. The van der Waals surface area contributed by atoms with Gasteiger partial charge < -0.3 is 20.9 Å². The molecule has 0 aromatic heterocycles. The van der Waals surface area contributed by atoms with E-state index < -0.39 is 5.97 Å². The highest BCUT2D eigenvalue weighted by atomic mass is 16.5. The van der Waals surface area contributed by atoms with Crippen molar-refractivity contribution < 1.29 is 19.1 Å². The van der Waals surface area contributed by atoms with Crippen molar-refractivity contribution in [3.05, 3.63) is 72.3 Å². The van der Waals surface area contributed by atoms with Gasteiger partial charge in [0.1, 0.15) is 5.75 Å². The summed E-state index contributed by atoms with van der Waals surface area (Å²) in [7, 11) is 0. The molecular weight excluding hydrogens is 476 g/mol. The van der Waals surface area contributed by atoms with Crippen molar-refractivity contribution in [3.63, 3.8) is 0 Å². The predicted molar refractivity (Wildman–Crippen MR) is 154 cm³/mol. The Kier molecular flexibility index (Phi) is 12.0. The van der Waals surface area contributed by atoms with Crippen molar-refractivity contribution >= 4 is 29.4 Å². The molecule has 38 heavy (non-hydrogen) atoms. The van der Waals surface area contributed by atoms with Crippen molar-refractivity contribution in [1.29, 1.82) is 0 Å². The maximum atomic E-state index is 12.7. The Bertz CT molecular complexity index is 1070. The first-order valence-electron chi connectivity index (χ1n) is 13.9. The van der Waals surface area contributed by atoms with Gasteiger partial charge in [-0.15, -0.1) is 6.58 Å². The molecule has 0 bridgehead atoms. The Morgan fingerprint density at radius 2 is 1.68 bits per heavy atom. The Hall–Kier alpha value is -3.54. The van der Waals surface area contributed by atoms with Crippen LogP contribution in [0.25, 0.3) is 6.08 Å². The normalized spacial score (nSPS) is 17.3. The molecule has 0 aliphatic heterocycles. The van der Waals surface area contributed by atoms with Crippen LogP contribution < -0.4 is 16.2 Å². The largest absolute Gasteiger partial charge is 0.462 e. The van der Waals surface area contributed by atoms with Gasteiger partial charge in [0.15, 0.2) is 0 Å². The second-order valence-electron chi connectivity index (χ2n) is 10.2. The first-order chi connectivity index (χ1) is 18.4. The summed E-state index contributed by atoms with van der Waals surface area (Å²) in [5.41, 5.74) is 14.5. The molecule has 1 aliphatic carbocycles. The fourth-order valence-electron chi connectivity index (χ4n) is 4.92. The number of carbonyl (C=O) groups is 2. The molecule has 4 N–H and O–H groups in total. The van der Waals surface area contributed by atoms with Crippen LogP contribution in [0.4, 0.5) is 11.4 Å². The van der Waals surface area contributed by atoms with Gasteiger partial charge >= 0.3 is 11.9 Å². The molecule has 1 aliphatic rings. The Morgan fingerprint density at radius 3 is 2.39 bits per heavy atom. The highest BCUT2D eigenvalue weighted by Crippen LogP contribution is 2.33. The van der Waals surface area contributed by atoms with E-state index in [9.17, 15) is 9.59 Å². The van der Waals surface area contributed by atoms with Gasteiger partial charge in [0.05, 0.1) is 12.5 Å². The van der Waals surface area contributed by atoms with E-state index in [1.165, 1.54) is 38.2 Å². The van der Waals surface area contributed by atoms with Gasteiger partial charge in [0.25, 0.3) is 0 Å². The number of nitrogens with two attached hydrogens (primary N) is 2. The lowest BCUT2D eigenvalue weighted by atomic mass is 9.80. The van der Waals surface area contributed by atoms with E-state index in [4.69, 9.17) is 20.9 Å². The van der Waals surface area contributed by atoms with Gasteiger partial charge in [-0.1, -0.05) is 50.0 Å². The fraction of sp³-hybridized carbons (Fsp3) is 0.438. The maximum Gasteiger partial charge on any atom is 0.330 e. The summed E-state index contributed by atoms with van der Waals surface area (Å²) < 4.78 is 10.9. The van der Waals surface area contributed by atoms with Crippen LogP contribution in [0.15, 0.2) is 61.2 Å². The van der Waals surface area contributed by atoms with Gasteiger partial charge in [-0.25, -0.2) is 4.79 Å². The lowest BCUT2D eigenvalue weighted by Crippen LogP contribution is -2.25. The van der Waals surface area contributed by atoms with E-state index in [0.717, 1.165) is 49.1 Å². The molecule has 0 saturated heterocycles. The van der Waals surface area contributed by atoms with Crippen LogP contribution in [0.3, 0.4) is 0 Å². The molecule has 2 aromatic carbocycles. The van der Waals surface area contributed by atoms with E-state index in [-0.39, 0.29) is 18.5 Å². The molecule has 3 rings (SSSR count). The molecule has 0 amide bonds. The van der Waals surface area contributed by atoms with E-state index >= 15 is 0 Å². The minimum Gasteiger partial charge on any atom is -0.462 e. The van der Waals surface area contributed by atoms with Crippen LogP contribution in [-0.4, -0.2) is 18.5 Å². The first-order valence-corrected chi connectivity index (χ1v) is 13.9. The van der Waals surface area contributed by atoms with E-state index in [1.54, 1.807) is 30.3 Å². The summed E-state index contributed by atoms with van der Waals surface area (Å²) in [6.07, 6.45) is 17.1. The monoisotopic (exact) mass is 518 g/mol. The molecule has 0 radical (unpaired) electrons. The minimum absolute atomic E-state index is 0.0169. The lowest BCUT2D eigenvalue weighted by Gasteiger charge is -2.27. The number of esters is 2. The number of carbonyl (C=O) groups excluding carboxylic acids is 2. The number of ether oxygens (including phenoxy) is 2. The summed E-state index contributed by atoms with van der Waals surface area (Å²) in [5, 5.41) is 0. The number of allylic oxidation sites excluding steroid dienone is 1. The number of hydrogen-bond acceptors (Lipinski definition) is 6. The molecule has 6 heteroatoms. The number of anilines is 2. The summed E-state index contributed by atoms with van der Waals surface area (Å²) in [5.74, 6) is 0.681. The standard InChI is InChI=1S/C32H42N2O4/c1-2-3-4-5-6-7-8-24-9-14-27(15-10-24)32(36)38-29-18-11-25(12-19-29)13-20-31(35)37-22-21-26-16-17-28(33)23-30(26)34/h2,11-13,16-20,23-24,27H,1,3-10,14-15,21-22,33-34H2/b20-13+. The van der Waals surface area contributed by atoms with Gasteiger partial charge in [0.2, 0.25) is 0 Å². The van der Waals surface area contributed by atoms with E-state index in [1.807, 2.05) is 24.3 Å². The average Bonchev–Trinajstić information content (AvgIpc) is 2.92. The topological polar surface area (TPSA) is 105 Å². The van der Waals surface area contributed by atoms with E-state index in [2.05, 4.69) is 6.58 Å². The molecule has 0 spiro atoms. The minimum atomic E-state index is -0.433. The third-order valence-electron chi connectivity index (χ3n) is 7.25. The Balaban J connectivity index is 1.33. The first kappa shape index (κ1) is 29.0. The summed E-state index contributed by atoms with van der Waals surface area (Å²) in [6, 6.07) is 12.4. The van der Waals surface area contributed by atoms with Gasteiger partial charge in [-0.3, -0.25) is 4.79 Å². The number of unbranched alkanes of at least 4 members (excludes halogenated alkanes) is 4. The highest BCUT2D eigenvalue weighted by Gasteiger charge is 2.27. The van der Waals surface area contributed by atoms with Crippen LogP contribution in [0.2, 0.25) is 0 Å².